The number of hydrogen-bond donors (Lipinski definition) is 0. The number of pyridine rings is 1. The Kier molecular flexibility index (Phi) is 4.70. The number of ether oxygens (including phenoxy) is 2. The van der Waals surface area contributed by atoms with Crippen LogP contribution in [-0.4, -0.2) is 37.3 Å². The van der Waals surface area contributed by atoms with E-state index in [-0.39, 0.29) is 12.0 Å². The lowest BCUT2D eigenvalue weighted by Gasteiger charge is -2.25. The van der Waals surface area contributed by atoms with E-state index in [2.05, 4.69) is 4.98 Å². The second kappa shape index (κ2) is 6.89. The van der Waals surface area contributed by atoms with E-state index in [1.54, 1.807) is 24.4 Å². The number of methoxy groups -OCH3 is 1. The predicted molar refractivity (Wildman–Crippen MR) is 85.8 cm³/mol. The Balaban J connectivity index is 1.88. The number of aromatic nitrogens is 1. The highest BCUT2D eigenvalue weighted by Gasteiger charge is 2.27. The lowest BCUT2D eigenvalue weighted by atomic mass is 10.2. The highest BCUT2D eigenvalue weighted by molar-refractivity contribution is 7.12. The Labute approximate surface area is 133 Å². The maximum absolute atomic E-state index is 13.0. The third-order valence-electron chi connectivity index (χ3n) is 3.67. The van der Waals surface area contributed by atoms with Crippen LogP contribution in [0.3, 0.4) is 0 Å². The summed E-state index contributed by atoms with van der Waals surface area (Å²) < 4.78 is 11.0. The van der Waals surface area contributed by atoms with Crippen molar-refractivity contribution in [3.63, 3.8) is 0 Å². The number of hydrogen-bond acceptors (Lipinski definition) is 5. The van der Waals surface area contributed by atoms with Crippen LogP contribution in [0.15, 0.2) is 36.0 Å². The van der Waals surface area contributed by atoms with Crippen LogP contribution in [0.25, 0.3) is 0 Å². The zero-order chi connectivity index (χ0) is 15.4. The van der Waals surface area contributed by atoms with E-state index in [1.807, 2.05) is 23.6 Å². The van der Waals surface area contributed by atoms with Gasteiger partial charge in [0.1, 0.15) is 10.6 Å². The molecule has 6 heteroatoms. The molecule has 1 unspecified atom stereocenters. The Bertz CT molecular complexity index is 623. The van der Waals surface area contributed by atoms with Gasteiger partial charge in [-0.3, -0.25) is 9.78 Å². The van der Waals surface area contributed by atoms with Crippen molar-refractivity contribution in [1.29, 1.82) is 0 Å². The molecule has 116 valence electrons. The molecule has 1 saturated heterocycles. The van der Waals surface area contributed by atoms with Gasteiger partial charge < -0.3 is 14.4 Å². The largest absolute Gasteiger partial charge is 0.495 e. The van der Waals surface area contributed by atoms with Gasteiger partial charge in [-0.15, -0.1) is 11.3 Å². The first kappa shape index (κ1) is 15.0. The Morgan fingerprint density at radius 1 is 1.45 bits per heavy atom. The summed E-state index contributed by atoms with van der Waals surface area (Å²) in [5, 5.41) is 1.86. The van der Waals surface area contributed by atoms with Gasteiger partial charge in [-0.1, -0.05) is 0 Å². The fourth-order valence-corrected chi connectivity index (χ4v) is 3.36. The highest BCUT2D eigenvalue weighted by atomic mass is 32.1. The van der Waals surface area contributed by atoms with Gasteiger partial charge >= 0.3 is 0 Å². The summed E-state index contributed by atoms with van der Waals surface area (Å²) >= 11 is 1.39. The predicted octanol–water partition coefficient (Wildman–Crippen LogP) is 2.98. The van der Waals surface area contributed by atoms with Gasteiger partial charge in [0.25, 0.3) is 5.91 Å². The molecule has 1 atom stereocenters. The average molecular weight is 318 g/mol. The van der Waals surface area contributed by atoms with Crippen molar-refractivity contribution in [3.05, 3.63) is 40.8 Å². The number of nitrogens with zero attached hydrogens (tertiary/aromatic N) is 2. The van der Waals surface area contributed by atoms with Crippen molar-refractivity contribution < 1.29 is 14.3 Å². The molecule has 22 heavy (non-hydrogen) atoms. The molecule has 2 aromatic heterocycles. The molecule has 5 nitrogen and oxygen atoms in total. The summed E-state index contributed by atoms with van der Waals surface area (Å²) in [4.78, 5) is 19.3. The van der Waals surface area contributed by atoms with E-state index in [4.69, 9.17) is 9.47 Å². The number of amides is 1. The normalized spacial score (nSPS) is 17.4. The Morgan fingerprint density at radius 2 is 2.27 bits per heavy atom. The second-order valence-corrected chi connectivity index (χ2v) is 5.99. The van der Waals surface area contributed by atoms with Crippen molar-refractivity contribution in [3.8, 4) is 5.75 Å². The number of carbonyl (C=O) groups is 1. The van der Waals surface area contributed by atoms with Crippen LogP contribution in [0.5, 0.6) is 5.75 Å². The molecule has 1 amide bonds. The van der Waals surface area contributed by atoms with Gasteiger partial charge in [0.15, 0.2) is 0 Å². The summed E-state index contributed by atoms with van der Waals surface area (Å²) in [7, 11) is 1.58. The van der Waals surface area contributed by atoms with E-state index >= 15 is 0 Å². The van der Waals surface area contributed by atoms with E-state index in [0.29, 0.717) is 17.2 Å². The third-order valence-corrected chi connectivity index (χ3v) is 4.56. The van der Waals surface area contributed by atoms with Gasteiger partial charge in [-0.05, 0) is 36.4 Å². The molecule has 1 aliphatic heterocycles. The molecule has 2 aromatic rings. The quantitative estimate of drug-likeness (QED) is 0.850. The first-order valence-electron chi connectivity index (χ1n) is 7.24. The van der Waals surface area contributed by atoms with E-state index < -0.39 is 0 Å². The van der Waals surface area contributed by atoms with Gasteiger partial charge in [0.2, 0.25) is 0 Å². The summed E-state index contributed by atoms with van der Waals surface area (Å²) in [5.74, 6) is 0.551. The lowest BCUT2D eigenvalue weighted by molar-refractivity contribution is 0.0918. The van der Waals surface area contributed by atoms with Gasteiger partial charge in [0.05, 0.1) is 19.8 Å². The number of rotatable bonds is 5. The standard InChI is InChI=1S/C16H18N2O3S/c1-20-14-6-10-22-15(14)16(19)18(11-13-3-2-9-21-13)12-4-7-17-8-5-12/h4-8,10,13H,2-3,9,11H2,1H3. The molecule has 0 N–H and O–H groups in total. The molecule has 0 spiro atoms. The van der Waals surface area contributed by atoms with Crippen LogP contribution < -0.4 is 9.64 Å². The molecule has 0 aliphatic carbocycles. The minimum absolute atomic E-state index is 0.0615. The van der Waals surface area contributed by atoms with Crippen molar-refractivity contribution in [2.45, 2.75) is 18.9 Å². The van der Waals surface area contributed by atoms with Crippen molar-refractivity contribution in [1.82, 2.24) is 4.98 Å². The minimum atomic E-state index is -0.0615. The minimum Gasteiger partial charge on any atom is -0.495 e. The molecule has 0 saturated carbocycles. The van der Waals surface area contributed by atoms with E-state index in [0.717, 1.165) is 25.1 Å². The topological polar surface area (TPSA) is 51.7 Å². The molecule has 0 radical (unpaired) electrons. The first-order valence-corrected chi connectivity index (χ1v) is 8.12. The van der Waals surface area contributed by atoms with Crippen LogP contribution >= 0.6 is 11.3 Å². The average Bonchev–Trinajstić information content (AvgIpc) is 3.24. The first-order chi connectivity index (χ1) is 10.8. The summed E-state index contributed by atoms with van der Waals surface area (Å²) in [6.45, 7) is 1.31. The number of carbonyl (C=O) groups excluding carboxylic acids is 1. The Hall–Kier alpha value is -1.92. The monoisotopic (exact) mass is 318 g/mol. The fraction of sp³-hybridized carbons (Fsp3) is 0.375. The van der Waals surface area contributed by atoms with Crippen LogP contribution in [0.2, 0.25) is 0 Å². The molecular weight excluding hydrogens is 300 g/mol. The fourth-order valence-electron chi connectivity index (χ4n) is 2.56. The van der Waals surface area contributed by atoms with Crippen molar-refractivity contribution >= 4 is 22.9 Å². The molecule has 3 rings (SSSR count). The van der Waals surface area contributed by atoms with E-state index in [1.165, 1.54) is 11.3 Å². The van der Waals surface area contributed by atoms with Gasteiger partial charge in [-0.25, -0.2) is 0 Å². The smallest absolute Gasteiger partial charge is 0.272 e. The molecule has 3 heterocycles. The van der Waals surface area contributed by atoms with Crippen LogP contribution in [0.1, 0.15) is 22.5 Å². The number of anilines is 1. The summed E-state index contributed by atoms with van der Waals surface area (Å²) in [5.41, 5.74) is 0.825. The van der Waals surface area contributed by atoms with Crippen molar-refractivity contribution in [2.24, 2.45) is 0 Å². The second-order valence-electron chi connectivity index (χ2n) is 5.07. The molecular formula is C16H18N2O3S. The maximum Gasteiger partial charge on any atom is 0.272 e. The Morgan fingerprint density at radius 3 is 2.95 bits per heavy atom. The SMILES string of the molecule is COc1ccsc1C(=O)N(CC1CCCO1)c1ccncc1. The molecule has 1 fully saturated rings. The van der Waals surface area contributed by atoms with Gasteiger partial charge in [-0.2, -0.15) is 0 Å². The van der Waals surface area contributed by atoms with Crippen LogP contribution in [-0.2, 0) is 4.74 Å². The third kappa shape index (κ3) is 3.13. The highest BCUT2D eigenvalue weighted by Crippen LogP contribution is 2.29. The zero-order valence-corrected chi connectivity index (χ0v) is 13.2. The maximum atomic E-state index is 13.0. The zero-order valence-electron chi connectivity index (χ0n) is 12.4. The molecule has 0 bridgehead atoms. The van der Waals surface area contributed by atoms with Crippen LogP contribution in [0, 0.1) is 0 Å². The van der Waals surface area contributed by atoms with Crippen LogP contribution in [0.4, 0.5) is 5.69 Å². The van der Waals surface area contributed by atoms with Crippen molar-refractivity contribution in [2.75, 3.05) is 25.2 Å². The summed E-state index contributed by atoms with van der Waals surface area (Å²) in [6, 6.07) is 5.49. The summed E-state index contributed by atoms with van der Waals surface area (Å²) in [6.07, 6.45) is 5.50. The lowest BCUT2D eigenvalue weighted by Crippen LogP contribution is -2.37. The molecule has 0 aromatic carbocycles. The van der Waals surface area contributed by atoms with E-state index in [9.17, 15) is 4.79 Å². The van der Waals surface area contributed by atoms with Gasteiger partial charge in [0, 0.05) is 24.7 Å². The molecule has 1 aliphatic rings. The number of thiophene rings is 1.